The van der Waals surface area contributed by atoms with Gasteiger partial charge in [-0.3, -0.25) is 4.72 Å². The van der Waals surface area contributed by atoms with Crippen molar-refractivity contribution >= 4 is 33.9 Å². The summed E-state index contributed by atoms with van der Waals surface area (Å²) < 4.78 is 34.0. The van der Waals surface area contributed by atoms with Crippen LogP contribution in [0.3, 0.4) is 0 Å². The quantitative estimate of drug-likeness (QED) is 0.405. The van der Waals surface area contributed by atoms with Gasteiger partial charge in [0.15, 0.2) is 5.82 Å². The van der Waals surface area contributed by atoms with Crippen molar-refractivity contribution in [2.75, 3.05) is 37.3 Å². The van der Waals surface area contributed by atoms with Crippen LogP contribution in [0.5, 0.6) is 0 Å². The van der Waals surface area contributed by atoms with Gasteiger partial charge in [-0.1, -0.05) is 0 Å². The van der Waals surface area contributed by atoms with Gasteiger partial charge < -0.3 is 15.2 Å². The number of hydrogen-bond acceptors (Lipinski definition) is 8. The van der Waals surface area contributed by atoms with Crippen molar-refractivity contribution < 1.29 is 27.9 Å². The largest absolute Gasteiger partial charge is 0.478 e. The molecule has 0 unspecified atom stereocenters. The molecule has 3 aromatic rings. The highest BCUT2D eigenvalue weighted by Crippen LogP contribution is 2.17. The van der Waals surface area contributed by atoms with Gasteiger partial charge in [0.1, 0.15) is 5.82 Å². The fraction of sp³-hybridized carbons (Fsp3) is 0.364. The number of carboxylic acid groups (broad SMARTS) is 1. The third-order valence-corrected chi connectivity index (χ3v) is 5.96. The van der Waals surface area contributed by atoms with Crippen molar-refractivity contribution in [1.82, 2.24) is 23.9 Å². The van der Waals surface area contributed by atoms with Crippen LogP contribution < -0.4 is 10.0 Å². The summed E-state index contributed by atoms with van der Waals surface area (Å²) in [4.78, 5) is 22.4. The van der Waals surface area contributed by atoms with Crippen LogP contribution in [0.2, 0.25) is 0 Å². The number of aryl methyl sites for hydroxylation is 2. The van der Waals surface area contributed by atoms with Crippen LogP contribution in [0.4, 0.5) is 16.4 Å². The first-order chi connectivity index (χ1) is 16.9. The lowest BCUT2D eigenvalue weighted by molar-refractivity contribution is 0.0696. The molecule has 0 amide bonds. The first-order valence-electron chi connectivity index (χ1n) is 11.0. The van der Waals surface area contributed by atoms with Crippen molar-refractivity contribution in [1.29, 1.82) is 0 Å². The van der Waals surface area contributed by atoms with Crippen molar-refractivity contribution in [3.8, 4) is 5.69 Å². The molecular formula is C22H31N7O6S. The van der Waals surface area contributed by atoms with E-state index in [2.05, 4.69) is 20.2 Å². The SMILES string of the molecule is CCNc1cc(C)nn1-c1ccc(C(=O)O)cc1.CCOC(=O)n1nc(C)cc1NS(=O)(=O)N(C)C. The van der Waals surface area contributed by atoms with Crippen molar-refractivity contribution in [2.45, 2.75) is 27.7 Å². The first kappa shape index (κ1) is 28.3. The van der Waals surface area contributed by atoms with E-state index < -0.39 is 22.3 Å². The lowest BCUT2D eigenvalue weighted by atomic mass is 10.2. The maximum atomic E-state index is 11.7. The summed E-state index contributed by atoms with van der Waals surface area (Å²) in [5.74, 6) is 0.0165. The van der Waals surface area contributed by atoms with Gasteiger partial charge in [0.05, 0.1) is 29.2 Å². The van der Waals surface area contributed by atoms with E-state index in [4.69, 9.17) is 9.84 Å². The summed E-state index contributed by atoms with van der Waals surface area (Å²) in [5, 5.41) is 20.3. The first-order valence-corrected chi connectivity index (χ1v) is 12.4. The average molecular weight is 522 g/mol. The molecule has 0 aliphatic carbocycles. The minimum Gasteiger partial charge on any atom is -0.478 e. The minimum atomic E-state index is -3.69. The Kier molecular flexibility index (Phi) is 9.58. The molecule has 196 valence electrons. The molecule has 0 spiro atoms. The third-order valence-electron chi connectivity index (χ3n) is 4.53. The molecule has 0 aliphatic heterocycles. The van der Waals surface area contributed by atoms with Crippen LogP contribution in [0.15, 0.2) is 36.4 Å². The zero-order valence-electron chi connectivity index (χ0n) is 21.0. The Hall–Kier alpha value is -3.91. The van der Waals surface area contributed by atoms with Gasteiger partial charge in [0.25, 0.3) is 0 Å². The molecule has 0 radical (unpaired) electrons. The molecule has 2 aromatic heterocycles. The Bertz CT molecular complexity index is 1300. The maximum Gasteiger partial charge on any atom is 0.436 e. The molecule has 14 heteroatoms. The number of carboxylic acids is 1. The Morgan fingerprint density at radius 3 is 2.14 bits per heavy atom. The molecule has 0 aliphatic rings. The van der Waals surface area contributed by atoms with Gasteiger partial charge in [-0.05, 0) is 52.0 Å². The highest BCUT2D eigenvalue weighted by atomic mass is 32.2. The Morgan fingerprint density at radius 2 is 1.61 bits per heavy atom. The summed E-state index contributed by atoms with van der Waals surface area (Å²) in [6, 6.07) is 10.0. The van der Waals surface area contributed by atoms with Gasteiger partial charge >= 0.3 is 22.3 Å². The van der Waals surface area contributed by atoms with Gasteiger partial charge in [-0.15, -0.1) is 4.68 Å². The number of hydrogen-bond donors (Lipinski definition) is 3. The van der Waals surface area contributed by atoms with Crippen LogP contribution >= 0.6 is 0 Å². The Labute approximate surface area is 209 Å². The van der Waals surface area contributed by atoms with E-state index in [1.807, 2.05) is 19.9 Å². The predicted octanol–water partition coefficient (Wildman–Crippen LogP) is 2.73. The summed E-state index contributed by atoms with van der Waals surface area (Å²) in [7, 11) is -0.944. The number of aromatic nitrogens is 4. The number of nitrogens with one attached hydrogen (secondary N) is 2. The van der Waals surface area contributed by atoms with Gasteiger partial charge in [0.2, 0.25) is 0 Å². The fourth-order valence-corrected chi connectivity index (χ4v) is 3.46. The minimum absolute atomic E-state index is 0.0413. The summed E-state index contributed by atoms with van der Waals surface area (Å²) in [5.41, 5.74) is 2.52. The summed E-state index contributed by atoms with van der Waals surface area (Å²) in [6.07, 6.45) is -0.734. The van der Waals surface area contributed by atoms with Crippen molar-refractivity contribution in [3.63, 3.8) is 0 Å². The molecule has 0 atom stereocenters. The van der Waals surface area contributed by atoms with E-state index in [0.29, 0.717) is 5.69 Å². The molecule has 3 rings (SSSR count). The second kappa shape index (κ2) is 12.2. The van der Waals surface area contributed by atoms with Crippen LogP contribution in [-0.2, 0) is 14.9 Å². The highest BCUT2D eigenvalue weighted by molar-refractivity contribution is 7.90. The molecule has 0 bridgehead atoms. The molecule has 0 saturated carbocycles. The number of carbonyl (C=O) groups excluding carboxylic acids is 1. The lowest BCUT2D eigenvalue weighted by Gasteiger charge is -2.13. The van der Waals surface area contributed by atoms with Crippen LogP contribution in [0.25, 0.3) is 5.69 Å². The number of carbonyl (C=O) groups is 2. The second-order valence-corrected chi connectivity index (χ2v) is 9.52. The predicted molar refractivity (Wildman–Crippen MR) is 135 cm³/mol. The van der Waals surface area contributed by atoms with Crippen LogP contribution in [0.1, 0.15) is 35.6 Å². The average Bonchev–Trinajstić information content (AvgIpc) is 3.35. The van der Waals surface area contributed by atoms with E-state index in [0.717, 1.165) is 32.7 Å². The van der Waals surface area contributed by atoms with E-state index in [1.165, 1.54) is 20.2 Å². The van der Waals surface area contributed by atoms with E-state index in [1.54, 1.807) is 42.8 Å². The molecule has 3 N–H and O–H groups in total. The van der Waals surface area contributed by atoms with E-state index in [-0.39, 0.29) is 18.0 Å². The van der Waals surface area contributed by atoms with Gasteiger partial charge in [-0.2, -0.15) is 22.9 Å². The normalized spacial score (nSPS) is 11.0. The zero-order valence-corrected chi connectivity index (χ0v) is 21.8. The number of nitrogens with zero attached hydrogens (tertiary/aromatic N) is 5. The van der Waals surface area contributed by atoms with E-state index >= 15 is 0 Å². The van der Waals surface area contributed by atoms with Gasteiger partial charge in [-0.25, -0.2) is 14.3 Å². The molecule has 0 saturated heterocycles. The molecule has 2 heterocycles. The topological polar surface area (TPSA) is 161 Å². The fourth-order valence-electron chi connectivity index (χ4n) is 2.87. The number of aromatic carboxylic acids is 1. The van der Waals surface area contributed by atoms with Crippen molar-refractivity contribution in [2.24, 2.45) is 0 Å². The second-order valence-electron chi connectivity index (χ2n) is 7.64. The third kappa shape index (κ3) is 7.29. The lowest BCUT2D eigenvalue weighted by Crippen LogP contribution is -2.31. The Balaban J connectivity index is 0.000000254. The van der Waals surface area contributed by atoms with E-state index in [9.17, 15) is 18.0 Å². The molecular weight excluding hydrogens is 490 g/mol. The number of anilines is 2. The number of rotatable bonds is 8. The molecule has 0 fully saturated rings. The summed E-state index contributed by atoms with van der Waals surface area (Å²) in [6.45, 7) is 8.21. The molecule has 1 aromatic carbocycles. The van der Waals surface area contributed by atoms with Gasteiger partial charge in [0, 0.05) is 32.8 Å². The smallest absolute Gasteiger partial charge is 0.436 e. The molecule has 36 heavy (non-hydrogen) atoms. The van der Waals surface area contributed by atoms with Crippen molar-refractivity contribution in [3.05, 3.63) is 53.3 Å². The highest BCUT2D eigenvalue weighted by Gasteiger charge is 2.20. The van der Waals surface area contributed by atoms with Crippen LogP contribution in [0, 0.1) is 13.8 Å². The Morgan fingerprint density at radius 1 is 1.03 bits per heavy atom. The zero-order chi connectivity index (χ0) is 27.0. The number of ether oxygens (including phenoxy) is 1. The molecule has 13 nitrogen and oxygen atoms in total. The maximum absolute atomic E-state index is 11.7. The monoisotopic (exact) mass is 521 g/mol. The standard InChI is InChI=1S/C13H15N3O2.C9H16N4O4S/c1-3-14-12-8-9(2)15-16(12)11-6-4-10(5-7-11)13(17)18;1-5-17-9(14)13-8(6-7(2)10-13)11-18(15,16)12(3)4/h4-8,14H,3H2,1-2H3,(H,17,18);6,11H,5H2,1-4H3. The van der Waals surface area contributed by atoms with Crippen LogP contribution in [-0.4, -0.2) is 76.7 Å². The summed E-state index contributed by atoms with van der Waals surface area (Å²) >= 11 is 0. The number of benzene rings is 1.